The van der Waals surface area contributed by atoms with Crippen molar-refractivity contribution >= 4 is 44.1 Å². The van der Waals surface area contributed by atoms with E-state index in [-0.39, 0.29) is 11.3 Å². The molecule has 30 heavy (non-hydrogen) atoms. The Morgan fingerprint density at radius 1 is 0.867 bits per heavy atom. The highest BCUT2D eigenvalue weighted by molar-refractivity contribution is 7.22. The molecule has 1 aliphatic rings. The van der Waals surface area contributed by atoms with Crippen LogP contribution in [0.15, 0.2) is 90.5 Å². The summed E-state index contributed by atoms with van der Waals surface area (Å²) in [6, 6.07) is 24.9. The van der Waals surface area contributed by atoms with Gasteiger partial charge in [-0.15, -0.1) is 0 Å². The first-order valence-corrected chi connectivity index (χ1v) is 10.2. The molecule has 5 nitrogen and oxygen atoms in total. The fourth-order valence-electron chi connectivity index (χ4n) is 3.70. The third-order valence-electron chi connectivity index (χ3n) is 5.10. The van der Waals surface area contributed by atoms with E-state index in [4.69, 9.17) is 0 Å². The second-order valence-corrected chi connectivity index (χ2v) is 7.92. The van der Waals surface area contributed by atoms with Crippen LogP contribution in [0.2, 0.25) is 0 Å². The summed E-state index contributed by atoms with van der Waals surface area (Å²) in [7, 11) is 0. The topological polar surface area (TPSA) is 70.5 Å². The average Bonchev–Trinajstić information content (AvgIpc) is 3.33. The number of aromatic nitrogens is 1. The Kier molecular flexibility index (Phi) is 4.41. The first-order valence-electron chi connectivity index (χ1n) is 9.42. The maximum absolute atomic E-state index is 13.1. The van der Waals surface area contributed by atoms with Crippen molar-refractivity contribution in [2.75, 3.05) is 4.90 Å². The van der Waals surface area contributed by atoms with Crippen molar-refractivity contribution in [2.45, 2.75) is 6.04 Å². The minimum absolute atomic E-state index is 0.0663. The molecule has 0 bridgehead atoms. The summed E-state index contributed by atoms with van der Waals surface area (Å²) in [4.78, 5) is 32.2. The zero-order chi connectivity index (χ0) is 20.7. The van der Waals surface area contributed by atoms with Crippen LogP contribution in [0.4, 0.5) is 5.13 Å². The number of ketones is 1. The lowest BCUT2D eigenvalue weighted by atomic mass is 9.95. The number of Topliss-reactive ketones (excluding diaryl/α,β-unsaturated/α-hetero) is 1. The summed E-state index contributed by atoms with van der Waals surface area (Å²) in [6.45, 7) is 0. The second kappa shape index (κ2) is 7.24. The standard InChI is InChI=1S/C24H16N2O3S/c27-21(16-11-5-2-6-12-16)19-20(15-9-3-1-4-10-15)26(23(29)22(19)28)24-25-17-13-7-8-14-18(17)30-24/h1-14,20,27H/b21-19+. The zero-order valence-electron chi connectivity index (χ0n) is 15.7. The van der Waals surface area contributed by atoms with E-state index in [1.165, 1.54) is 16.2 Å². The van der Waals surface area contributed by atoms with E-state index in [1.807, 2.05) is 60.7 Å². The van der Waals surface area contributed by atoms with Gasteiger partial charge in [-0.2, -0.15) is 0 Å². The Balaban J connectivity index is 1.74. The Hall–Kier alpha value is -3.77. The number of benzene rings is 3. The molecule has 1 amide bonds. The third-order valence-corrected chi connectivity index (χ3v) is 6.13. The van der Waals surface area contributed by atoms with Crippen LogP contribution in [0.5, 0.6) is 0 Å². The monoisotopic (exact) mass is 412 g/mol. The maximum atomic E-state index is 13.1. The highest BCUT2D eigenvalue weighted by atomic mass is 32.1. The first kappa shape index (κ1) is 18.3. The number of para-hydroxylation sites is 1. The van der Waals surface area contributed by atoms with Gasteiger partial charge in [-0.25, -0.2) is 4.98 Å². The summed E-state index contributed by atoms with van der Waals surface area (Å²) in [6.07, 6.45) is 0. The summed E-state index contributed by atoms with van der Waals surface area (Å²) in [5.74, 6) is -1.60. The number of aliphatic hydroxyl groups is 1. The molecule has 5 rings (SSSR count). The second-order valence-electron chi connectivity index (χ2n) is 6.91. The van der Waals surface area contributed by atoms with Crippen LogP contribution in [0, 0.1) is 0 Å². The van der Waals surface area contributed by atoms with Gasteiger partial charge in [0.15, 0.2) is 5.13 Å². The third kappa shape index (κ3) is 2.89. The fraction of sp³-hybridized carbons (Fsp3) is 0.0417. The average molecular weight is 412 g/mol. The number of fused-ring (bicyclic) bond motifs is 1. The van der Waals surface area contributed by atoms with Crippen LogP contribution in [0.3, 0.4) is 0 Å². The highest BCUT2D eigenvalue weighted by Gasteiger charge is 2.48. The lowest BCUT2D eigenvalue weighted by Crippen LogP contribution is -2.29. The Bertz CT molecular complexity index is 1260. The van der Waals surface area contributed by atoms with E-state index in [0.29, 0.717) is 10.7 Å². The molecular formula is C24H16N2O3S. The molecule has 2 heterocycles. The van der Waals surface area contributed by atoms with Crippen molar-refractivity contribution in [1.82, 2.24) is 4.98 Å². The summed E-state index contributed by atoms with van der Waals surface area (Å²) in [5, 5.41) is 11.4. The van der Waals surface area contributed by atoms with Crippen LogP contribution in [-0.4, -0.2) is 21.8 Å². The van der Waals surface area contributed by atoms with E-state index in [0.717, 1.165) is 15.8 Å². The number of carbonyl (C=O) groups excluding carboxylic acids is 2. The molecule has 1 aromatic heterocycles. The van der Waals surface area contributed by atoms with Gasteiger partial charge >= 0.3 is 5.91 Å². The van der Waals surface area contributed by atoms with Gasteiger partial charge in [0.1, 0.15) is 5.76 Å². The molecule has 146 valence electrons. The van der Waals surface area contributed by atoms with Crippen molar-refractivity contribution < 1.29 is 14.7 Å². The summed E-state index contributed by atoms with van der Waals surface area (Å²) in [5.41, 5.74) is 2.04. The minimum Gasteiger partial charge on any atom is -0.507 e. The van der Waals surface area contributed by atoms with Gasteiger partial charge in [-0.3, -0.25) is 14.5 Å². The number of aliphatic hydroxyl groups excluding tert-OH is 1. The quantitative estimate of drug-likeness (QED) is 0.294. The molecule has 3 aromatic carbocycles. The van der Waals surface area contributed by atoms with Crippen molar-refractivity contribution in [3.8, 4) is 0 Å². The van der Waals surface area contributed by atoms with Gasteiger partial charge in [0.25, 0.3) is 5.78 Å². The highest BCUT2D eigenvalue weighted by Crippen LogP contribution is 2.44. The molecule has 1 atom stereocenters. The molecule has 6 heteroatoms. The smallest absolute Gasteiger partial charge is 0.301 e. The number of amides is 1. The van der Waals surface area contributed by atoms with E-state index < -0.39 is 17.7 Å². The van der Waals surface area contributed by atoms with Gasteiger partial charge in [0.2, 0.25) is 0 Å². The molecule has 0 saturated carbocycles. The number of hydrogen-bond donors (Lipinski definition) is 1. The molecule has 1 unspecified atom stereocenters. The number of nitrogens with zero attached hydrogens (tertiary/aromatic N) is 2. The van der Waals surface area contributed by atoms with Crippen LogP contribution >= 0.6 is 11.3 Å². The van der Waals surface area contributed by atoms with Crippen LogP contribution in [0.25, 0.3) is 16.0 Å². The molecular weight excluding hydrogens is 396 g/mol. The van der Waals surface area contributed by atoms with Crippen molar-refractivity contribution in [3.05, 3.63) is 102 Å². The van der Waals surface area contributed by atoms with E-state index in [2.05, 4.69) is 4.98 Å². The number of thiazole rings is 1. The summed E-state index contributed by atoms with van der Waals surface area (Å²) < 4.78 is 0.921. The SMILES string of the molecule is O=C1C(=O)N(c2nc3ccccc3s2)C(c2ccccc2)/C1=C(\O)c1ccccc1. The molecule has 0 spiro atoms. The Labute approximate surface area is 176 Å². The van der Waals surface area contributed by atoms with E-state index in [1.54, 1.807) is 24.3 Å². The van der Waals surface area contributed by atoms with Gasteiger partial charge in [-0.1, -0.05) is 84.1 Å². The molecule has 1 saturated heterocycles. The lowest BCUT2D eigenvalue weighted by Gasteiger charge is -2.22. The van der Waals surface area contributed by atoms with E-state index >= 15 is 0 Å². The zero-order valence-corrected chi connectivity index (χ0v) is 16.5. The molecule has 1 N–H and O–H groups in total. The Morgan fingerprint density at radius 2 is 1.50 bits per heavy atom. The predicted octanol–water partition coefficient (Wildman–Crippen LogP) is 4.92. The number of rotatable bonds is 3. The maximum Gasteiger partial charge on any atom is 0.301 e. The van der Waals surface area contributed by atoms with Crippen molar-refractivity contribution in [1.29, 1.82) is 0 Å². The van der Waals surface area contributed by atoms with Crippen LogP contribution < -0.4 is 4.90 Å². The fourth-order valence-corrected chi connectivity index (χ4v) is 4.69. The van der Waals surface area contributed by atoms with Crippen LogP contribution in [0.1, 0.15) is 17.2 Å². The molecule has 0 radical (unpaired) electrons. The summed E-state index contributed by atoms with van der Waals surface area (Å²) >= 11 is 1.35. The predicted molar refractivity (Wildman–Crippen MR) is 117 cm³/mol. The number of anilines is 1. The van der Waals surface area contributed by atoms with E-state index in [9.17, 15) is 14.7 Å². The lowest BCUT2D eigenvalue weighted by molar-refractivity contribution is -0.132. The Morgan fingerprint density at radius 3 is 2.20 bits per heavy atom. The molecule has 4 aromatic rings. The first-order chi connectivity index (χ1) is 14.6. The van der Waals surface area contributed by atoms with Gasteiger partial charge < -0.3 is 5.11 Å². The van der Waals surface area contributed by atoms with Crippen molar-refractivity contribution in [3.63, 3.8) is 0 Å². The number of carbonyl (C=O) groups is 2. The van der Waals surface area contributed by atoms with Gasteiger partial charge in [0, 0.05) is 5.56 Å². The van der Waals surface area contributed by atoms with Gasteiger partial charge in [-0.05, 0) is 17.7 Å². The molecule has 1 fully saturated rings. The van der Waals surface area contributed by atoms with Crippen LogP contribution in [-0.2, 0) is 9.59 Å². The minimum atomic E-state index is -0.757. The largest absolute Gasteiger partial charge is 0.507 e. The van der Waals surface area contributed by atoms with Gasteiger partial charge in [0.05, 0.1) is 21.8 Å². The van der Waals surface area contributed by atoms with Crippen molar-refractivity contribution in [2.24, 2.45) is 0 Å². The molecule has 0 aliphatic carbocycles. The number of hydrogen-bond acceptors (Lipinski definition) is 5. The normalized spacial score (nSPS) is 18.3. The molecule has 1 aliphatic heterocycles.